The van der Waals surface area contributed by atoms with Gasteiger partial charge >= 0.3 is 5.97 Å². The summed E-state index contributed by atoms with van der Waals surface area (Å²) in [4.78, 5) is 22.9. The first-order chi connectivity index (χ1) is 11.1. The maximum absolute atomic E-state index is 11.8. The number of rotatable bonds is 4. The highest BCUT2D eigenvalue weighted by atomic mass is 32.1. The molecule has 23 heavy (non-hydrogen) atoms. The second-order valence-corrected chi connectivity index (χ2v) is 4.95. The molecule has 116 valence electrons. The van der Waals surface area contributed by atoms with Gasteiger partial charge in [0.25, 0.3) is 0 Å². The van der Waals surface area contributed by atoms with E-state index < -0.39 is 11.9 Å². The van der Waals surface area contributed by atoms with Crippen LogP contribution in [-0.2, 0) is 4.79 Å². The maximum Gasteiger partial charge on any atom is 0.337 e. The highest BCUT2D eigenvalue weighted by Crippen LogP contribution is 2.14. The standard InChI is InChI=1S/C17H14N2O3S/c20-15(11-10-12-6-2-1-3-7-12)19-17(23)18-14-9-5-4-8-13(14)16(21)22/h1-11H,(H,21,22)(H2,18,19,20,23)/b11-10+. The second-order valence-electron chi connectivity index (χ2n) is 4.54. The van der Waals surface area contributed by atoms with Crippen molar-refractivity contribution in [1.29, 1.82) is 0 Å². The molecule has 1 amide bonds. The van der Waals surface area contributed by atoms with Crippen molar-refractivity contribution < 1.29 is 14.7 Å². The highest BCUT2D eigenvalue weighted by Gasteiger charge is 2.10. The van der Waals surface area contributed by atoms with Gasteiger partial charge in [0.05, 0.1) is 11.3 Å². The Morgan fingerprint density at radius 3 is 2.35 bits per heavy atom. The Morgan fingerprint density at radius 2 is 1.65 bits per heavy atom. The van der Waals surface area contributed by atoms with E-state index in [1.54, 1.807) is 24.3 Å². The molecule has 2 aromatic carbocycles. The van der Waals surface area contributed by atoms with E-state index in [4.69, 9.17) is 17.3 Å². The van der Waals surface area contributed by atoms with Gasteiger partial charge in [0.1, 0.15) is 0 Å². The summed E-state index contributed by atoms with van der Waals surface area (Å²) in [7, 11) is 0. The number of carboxylic acid groups (broad SMARTS) is 1. The molecule has 0 radical (unpaired) electrons. The molecule has 0 fully saturated rings. The van der Waals surface area contributed by atoms with Gasteiger partial charge in [-0.1, -0.05) is 42.5 Å². The van der Waals surface area contributed by atoms with Crippen molar-refractivity contribution >= 4 is 41.0 Å². The molecule has 6 heteroatoms. The Balaban J connectivity index is 1.96. The Morgan fingerprint density at radius 1 is 1.00 bits per heavy atom. The number of amides is 1. The molecule has 0 atom stereocenters. The SMILES string of the molecule is O=C(/C=C/c1ccccc1)NC(=S)Nc1ccccc1C(=O)O. The largest absolute Gasteiger partial charge is 0.478 e. The molecule has 0 aliphatic rings. The fourth-order valence-electron chi connectivity index (χ4n) is 1.82. The van der Waals surface area contributed by atoms with Crippen LogP contribution in [-0.4, -0.2) is 22.1 Å². The van der Waals surface area contributed by atoms with Crippen LogP contribution in [0.2, 0.25) is 0 Å². The first kappa shape index (κ1) is 16.4. The van der Waals surface area contributed by atoms with E-state index >= 15 is 0 Å². The number of hydrogen-bond acceptors (Lipinski definition) is 3. The van der Waals surface area contributed by atoms with Gasteiger partial charge in [0.2, 0.25) is 5.91 Å². The summed E-state index contributed by atoms with van der Waals surface area (Å²) in [5.74, 6) is -1.48. The zero-order valence-corrected chi connectivity index (χ0v) is 12.8. The third-order valence-electron chi connectivity index (χ3n) is 2.87. The summed E-state index contributed by atoms with van der Waals surface area (Å²) in [6.07, 6.45) is 3.01. The van der Waals surface area contributed by atoms with Crippen LogP contribution < -0.4 is 10.6 Å². The van der Waals surface area contributed by atoms with Crippen LogP contribution >= 0.6 is 12.2 Å². The second kappa shape index (κ2) is 7.86. The minimum atomic E-state index is -1.08. The molecule has 5 nitrogen and oxygen atoms in total. The van der Waals surface area contributed by atoms with Gasteiger partial charge in [0.15, 0.2) is 5.11 Å². The number of hydrogen-bond donors (Lipinski definition) is 3. The van der Waals surface area contributed by atoms with Crippen LogP contribution in [0, 0.1) is 0 Å². The van der Waals surface area contributed by atoms with Crippen LogP contribution in [0.5, 0.6) is 0 Å². The monoisotopic (exact) mass is 326 g/mol. The number of thiocarbonyl (C=S) groups is 1. The lowest BCUT2D eigenvalue weighted by molar-refractivity contribution is -0.115. The van der Waals surface area contributed by atoms with Crippen molar-refractivity contribution in [3.05, 3.63) is 71.8 Å². The van der Waals surface area contributed by atoms with Crippen LogP contribution in [0.4, 0.5) is 5.69 Å². The van der Waals surface area contributed by atoms with Gasteiger partial charge in [-0.3, -0.25) is 10.1 Å². The Hall–Kier alpha value is -2.99. The van der Waals surface area contributed by atoms with Gasteiger partial charge in [-0.05, 0) is 36.0 Å². The molecule has 0 heterocycles. The van der Waals surface area contributed by atoms with E-state index in [0.717, 1.165) is 5.56 Å². The summed E-state index contributed by atoms with van der Waals surface area (Å²) < 4.78 is 0. The normalized spacial score (nSPS) is 10.3. The third-order valence-corrected chi connectivity index (χ3v) is 3.07. The van der Waals surface area contributed by atoms with Crippen molar-refractivity contribution in [3.63, 3.8) is 0 Å². The number of nitrogens with one attached hydrogen (secondary N) is 2. The van der Waals surface area contributed by atoms with Crippen molar-refractivity contribution in [3.8, 4) is 0 Å². The molecule has 3 N–H and O–H groups in total. The lowest BCUT2D eigenvalue weighted by Gasteiger charge is -2.10. The predicted octanol–water partition coefficient (Wildman–Crippen LogP) is 2.91. The molecule has 0 aromatic heterocycles. The van der Waals surface area contributed by atoms with Crippen molar-refractivity contribution in [2.24, 2.45) is 0 Å². The fraction of sp³-hybridized carbons (Fsp3) is 0. The number of para-hydroxylation sites is 1. The molecule has 0 unspecified atom stereocenters. The molecule has 0 aliphatic heterocycles. The van der Waals surface area contributed by atoms with Crippen molar-refractivity contribution in [2.45, 2.75) is 0 Å². The average Bonchev–Trinajstić information content (AvgIpc) is 2.54. The number of anilines is 1. The number of benzene rings is 2. The molecular weight excluding hydrogens is 312 g/mol. The lowest BCUT2D eigenvalue weighted by atomic mass is 10.2. The lowest BCUT2D eigenvalue weighted by Crippen LogP contribution is -2.33. The number of carbonyl (C=O) groups is 2. The summed E-state index contributed by atoms with van der Waals surface area (Å²) in [5, 5.41) is 14.3. The molecule has 0 bridgehead atoms. The van der Waals surface area contributed by atoms with Gasteiger partial charge in [-0.15, -0.1) is 0 Å². The van der Waals surface area contributed by atoms with Crippen molar-refractivity contribution in [1.82, 2.24) is 5.32 Å². The van der Waals surface area contributed by atoms with Gasteiger partial charge in [0, 0.05) is 6.08 Å². The average molecular weight is 326 g/mol. The summed E-state index contributed by atoms with van der Waals surface area (Å²) in [6.45, 7) is 0. The Labute approximate surface area is 138 Å². The van der Waals surface area contributed by atoms with Crippen molar-refractivity contribution in [2.75, 3.05) is 5.32 Å². The molecule has 2 aromatic rings. The number of carbonyl (C=O) groups excluding carboxylic acids is 1. The highest BCUT2D eigenvalue weighted by molar-refractivity contribution is 7.80. The topological polar surface area (TPSA) is 78.4 Å². The van der Waals surface area contributed by atoms with E-state index in [1.807, 2.05) is 30.3 Å². The van der Waals surface area contributed by atoms with E-state index in [1.165, 1.54) is 12.1 Å². The van der Waals surface area contributed by atoms with E-state index in [9.17, 15) is 9.59 Å². The number of aromatic carboxylic acids is 1. The fourth-order valence-corrected chi connectivity index (χ4v) is 2.03. The summed E-state index contributed by atoms with van der Waals surface area (Å²) in [5.41, 5.74) is 1.28. The molecular formula is C17H14N2O3S. The zero-order chi connectivity index (χ0) is 16.7. The zero-order valence-electron chi connectivity index (χ0n) is 12.0. The quantitative estimate of drug-likeness (QED) is 0.595. The first-order valence-corrected chi connectivity index (χ1v) is 7.14. The van der Waals surface area contributed by atoms with Crippen LogP contribution in [0.15, 0.2) is 60.7 Å². The smallest absolute Gasteiger partial charge is 0.337 e. The Kier molecular flexibility index (Phi) is 5.60. The Bertz CT molecular complexity index is 757. The van der Waals surface area contributed by atoms with E-state index in [2.05, 4.69) is 10.6 Å². The first-order valence-electron chi connectivity index (χ1n) is 6.73. The minimum absolute atomic E-state index is 0.0291. The van der Waals surface area contributed by atoms with Crippen LogP contribution in [0.3, 0.4) is 0 Å². The summed E-state index contributed by atoms with van der Waals surface area (Å²) in [6, 6.07) is 15.7. The molecule has 2 rings (SSSR count). The maximum atomic E-state index is 11.8. The number of carboxylic acids is 1. The van der Waals surface area contributed by atoms with Gasteiger partial charge < -0.3 is 10.4 Å². The van der Waals surface area contributed by atoms with E-state index in [-0.39, 0.29) is 10.7 Å². The van der Waals surface area contributed by atoms with Crippen LogP contribution in [0.1, 0.15) is 15.9 Å². The third kappa shape index (κ3) is 5.05. The summed E-state index contributed by atoms with van der Waals surface area (Å²) >= 11 is 5.02. The molecule has 0 spiro atoms. The van der Waals surface area contributed by atoms with E-state index in [0.29, 0.717) is 5.69 Å². The van der Waals surface area contributed by atoms with Gasteiger partial charge in [-0.25, -0.2) is 4.79 Å². The molecule has 0 saturated heterocycles. The molecule has 0 saturated carbocycles. The minimum Gasteiger partial charge on any atom is -0.478 e. The predicted molar refractivity (Wildman–Crippen MR) is 93.2 cm³/mol. The van der Waals surface area contributed by atoms with Gasteiger partial charge in [-0.2, -0.15) is 0 Å². The van der Waals surface area contributed by atoms with Crippen LogP contribution in [0.25, 0.3) is 6.08 Å². The molecule has 0 aliphatic carbocycles.